The van der Waals surface area contributed by atoms with Crippen LogP contribution < -0.4 is 5.76 Å². The minimum atomic E-state index is -0.642. The lowest BCUT2D eigenvalue weighted by atomic mass is 9.96. The van der Waals surface area contributed by atoms with Crippen molar-refractivity contribution in [1.82, 2.24) is 19.2 Å². The normalized spacial score (nSPS) is 13.0. The van der Waals surface area contributed by atoms with Crippen LogP contribution in [0.4, 0.5) is 4.79 Å². The molecule has 4 aromatic rings. The van der Waals surface area contributed by atoms with Crippen molar-refractivity contribution >= 4 is 23.2 Å². The van der Waals surface area contributed by atoms with Gasteiger partial charge in [0.05, 0.1) is 29.5 Å². The average Bonchev–Trinajstić information content (AvgIpc) is 3.55. The number of ether oxygens (including phenoxy) is 2. The van der Waals surface area contributed by atoms with Crippen LogP contribution in [-0.4, -0.2) is 43.5 Å². The van der Waals surface area contributed by atoms with E-state index in [4.69, 9.17) is 13.9 Å². The van der Waals surface area contributed by atoms with Gasteiger partial charge in [-0.05, 0) is 69.5 Å². The van der Waals surface area contributed by atoms with E-state index in [9.17, 15) is 14.4 Å². The molecule has 0 fully saturated rings. The molecule has 10 nitrogen and oxygen atoms in total. The Balaban J connectivity index is 1.36. The molecule has 2 aromatic carbocycles. The Morgan fingerprint density at radius 2 is 1.97 bits per heavy atom. The highest BCUT2D eigenvalue weighted by Gasteiger charge is 2.26. The third kappa shape index (κ3) is 4.93. The predicted molar refractivity (Wildman–Crippen MR) is 139 cm³/mol. The van der Waals surface area contributed by atoms with Crippen LogP contribution in [0, 0.1) is 6.92 Å². The number of carbonyl (C=O) groups excluding carboxylic acids is 2. The summed E-state index contributed by atoms with van der Waals surface area (Å²) in [5.41, 5.74) is 5.67. The number of cyclic esters (lactones) is 1. The minimum Gasteiger partial charge on any atom is -0.457 e. The van der Waals surface area contributed by atoms with Gasteiger partial charge in [0.25, 0.3) is 0 Å². The van der Waals surface area contributed by atoms with Crippen molar-refractivity contribution in [2.75, 3.05) is 6.54 Å². The fourth-order valence-electron chi connectivity index (χ4n) is 4.55. The second kappa shape index (κ2) is 9.51. The molecule has 0 spiro atoms. The molecule has 0 saturated heterocycles. The van der Waals surface area contributed by atoms with Crippen molar-refractivity contribution in [2.24, 2.45) is 7.05 Å². The third-order valence-electron chi connectivity index (χ3n) is 6.63. The van der Waals surface area contributed by atoms with Gasteiger partial charge in [-0.2, -0.15) is 5.10 Å². The number of hydrogen-bond acceptors (Lipinski definition) is 7. The van der Waals surface area contributed by atoms with Crippen LogP contribution in [0.25, 0.3) is 16.8 Å². The zero-order valence-corrected chi connectivity index (χ0v) is 22.1. The maximum Gasteiger partial charge on any atom is 0.419 e. The van der Waals surface area contributed by atoms with Crippen LogP contribution in [0.1, 0.15) is 53.4 Å². The van der Waals surface area contributed by atoms with Crippen LogP contribution in [0.3, 0.4) is 0 Å². The van der Waals surface area contributed by atoms with E-state index < -0.39 is 17.5 Å². The van der Waals surface area contributed by atoms with Gasteiger partial charge in [-0.3, -0.25) is 4.57 Å². The molecule has 38 heavy (non-hydrogen) atoms. The molecular formula is C28H30N4O6. The summed E-state index contributed by atoms with van der Waals surface area (Å²) in [6.07, 6.45) is 3.73. The summed E-state index contributed by atoms with van der Waals surface area (Å²) >= 11 is 0. The molecule has 0 radical (unpaired) electrons. The fourth-order valence-corrected chi connectivity index (χ4v) is 4.55. The molecule has 1 aliphatic rings. The number of amides is 1. The van der Waals surface area contributed by atoms with E-state index in [2.05, 4.69) is 5.10 Å². The van der Waals surface area contributed by atoms with E-state index in [1.165, 1.54) is 4.57 Å². The molecule has 2 aromatic heterocycles. The van der Waals surface area contributed by atoms with Crippen molar-refractivity contribution < 1.29 is 23.5 Å². The van der Waals surface area contributed by atoms with Crippen LogP contribution in [-0.2, 0) is 36.1 Å². The Morgan fingerprint density at radius 1 is 1.18 bits per heavy atom. The Kier molecular flexibility index (Phi) is 6.34. The second-order valence-electron chi connectivity index (χ2n) is 10.5. The highest BCUT2D eigenvalue weighted by atomic mass is 16.6. The summed E-state index contributed by atoms with van der Waals surface area (Å²) in [5.74, 6) is -0.722. The van der Waals surface area contributed by atoms with Gasteiger partial charge in [-0.15, -0.1) is 0 Å². The van der Waals surface area contributed by atoms with Crippen molar-refractivity contribution in [2.45, 2.75) is 52.9 Å². The highest BCUT2D eigenvalue weighted by Crippen LogP contribution is 2.26. The number of nitrogens with zero attached hydrogens (tertiary/aromatic N) is 4. The first-order valence-electron chi connectivity index (χ1n) is 12.4. The summed E-state index contributed by atoms with van der Waals surface area (Å²) in [7, 11) is 1.65. The van der Waals surface area contributed by atoms with E-state index in [1.54, 1.807) is 35.0 Å². The van der Waals surface area contributed by atoms with Crippen LogP contribution in [0.15, 0.2) is 51.9 Å². The number of fused-ring (bicyclic) bond motifs is 2. The molecular weight excluding hydrogens is 488 g/mol. The Morgan fingerprint density at radius 3 is 2.74 bits per heavy atom. The summed E-state index contributed by atoms with van der Waals surface area (Å²) in [6.45, 7) is 8.48. The van der Waals surface area contributed by atoms with Gasteiger partial charge in [0.15, 0.2) is 5.58 Å². The van der Waals surface area contributed by atoms with E-state index in [-0.39, 0.29) is 12.6 Å². The van der Waals surface area contributed by atoms with Crippen molar-refractivity contribution in [3.63, 3.8) is 0 Å². The SMILES string of the molecule is Cc1c(CCN(Cc2cnn(-c3ccc4oc(=O)n(C)c4c3)c2)C(=O)OC(C)(C)C)ccc2c1COC2=O. The standard InChI is InChI=1S/C28H30N4O6/c1-17-19(6-8-21-22(17)16-36-25(21)33)10-11-31(27(35)38-28(2,3)4)14-18-13-29-32(15-18)20-7-9-24-23(12-20)30(5)26(34)37-24/h6-9,12-13,15H,10-11,14,16H2,1-5H3. The molecule has 0 aliphatic carbocycles. The van der Waals surface area contributed by atoms with Crippen LogP contribution in [0.2, 0.25) is 0 Å². The lowest BCUT2D eigenvalue weighted by Gasteiger charge is -2.27. The fraction of sp³-hybridized carbons (Fsp3) is 0.357. The van der Waals surface area contributed by atoms with E-state index in [1.807, 2.05) is 52.1 Å². The highest BCUT2D eigenvalue weighted by molar-refractivity contribution is 5.93. The van der Waals surface area contributed by atoms with Crippen molar-refractivity contribution in [3.05, 3.63) is 81.1 Å². The van der Waals surface area contributed by atoms with E-state index in [0.29, 0.717) is 36.2 Å². The molecule has 0 N–H and O–H groups in total. The molecule has 0 atom stereocenters. The molecule has 1 aliphatic heterocycles. The number of esters is 1. The summed E-state index contributed by atoms with van der Waals surface area (Å²) in [6, 6.07) is 9.09. The number of aromatic nitrogens is 3. The lowest BCUT2D eigenvalue weighted by Crippen LogP contribution is -2.37. The zero-order chi connectivity index (χ0) is 27.2. The molecule has 0 bridgehead atoms. The van der Waals surface area contributed by atoms with Gasteiger partial charge < -0.3 is 18.8 Å². The molecule has 3 heterocycles. The zero-order valence-electron chi connectivity index (χ0n) is 22.1. The number of carbonyl (C=O) groups is 2. The van der Waals surface area contributed by atoms with Gasteiger partial charge in [0.2, 0.25) is 0 Å². The summed E-state index contributed by atoms with van der Waals surface area (Å²) < 4.78 is 19.2. The van der Waals surface area contributed by atoms with Crippen molar-refractivity contribution in [1.29, 1.82) is 0 Å². The van der Waals surface area contributed by atoms with Crippen LogP contribution in [0.5, 0.6) is 0 Å². The molecule has 198 valence electrons. The third-order valence-corrected chi connectivity index (χ3v) is 6.63. The molecule has 5 rings (SSSR count). The maximum atomic E-state index is 13.1. The Bertz CT molecular complexity index is 1600. The molecule has 10 heteroatoms. The first-order chi connectivity index (χ1) is 18.0. The monoisotopic (exact) mass is 518 g/mol. The van der Waals surface area contributed by atoms with Crippen LogP contribution >= 0.6 is 0 Å². The van der Waals surface area contributed by atoms with Gasteiger partial charge in [-0.1, -0.05) is 6.07 Å². The van der Waals surface area contributed by atoms with Gasteiger partial charge >= 0.3 is 17.8 Å². The number of hydrogen-bond donors (Lipinski definition) is 0. The summed E-state index contributed by atoms with van der Waals surface area (Å²) in [4.78, 5) is 38.5. The largest absolute Gasteiger partial charge is 0.457 e. The van der Waals surface area contributed by atoms with Gasteiger partial charge in [0, 0.05) is 30.9 Å². The summed E-state index contributed by atoms with van der Waals surface area (Å²) in [5, 5.41) is 4.47. The van der Waals surface area contributed by atoms with Gasteiger partial charge in [-0.25, -0.2) is 19.1 Å². The van der Waals surface area contributed by atoms with E-state index >= 15 is 0 Å². The Hall–Kier alpha value is -4.34. The molecule has 0 unspecified atom stereocenters. The van der Waals surface area contributed by atoms with Gasteiger partial charge in [0.1, 0.15) is 12.2 Å². The second-order valence-corrected chi connectivity index (χ2v) is 10.5. The number of benzene rings is 2. The smallest absolute Gasteiger partial charge is 0.419 e. The Labute approximate surface area is 219 Å². The molecule has 0 saturated carbocycles. The first kappa shape index (κ1) is 25.3. The quantitative estimate of drug-likeness (QED) is 0.351. The topological polar surface area (TPSA) is 109 Å². The first-order valence-corrected chi connectivity index (χ1v) is 12.4. The average molecular weight is 519 g/mol. The number of aryl methyl sites for hydroxylation is 1. The number of rotatable bonds is 6. The predicted octanol–water partition coefficient (Wildman–Crippen LogP) is 4.28. The van der Waals surface area contributed by atoms with E-state index in [0.717, 1.165) is 27.9 Å². The lowest BCUT2D eigenvalue weighted by molar-refractivity contribution is 0.0235. The molecule has 1 amide bonds. The minimum absolute atomic E-state index is 0.279. The maximum absolute atomic E-state index is 13.1. The number of oxazole rings is 1. The van der Waals surface area contributed by atoms with Crippen molar-refractivity contribution in [3.8, 4) is 5.69 Å².